The lowest BCUT2D eigenvalue weighted by Gasteiger charge is -2.01. The molecule has 0 fully saturated rings. The number of carbonyl (C=O) groups is 1. The second-order valence-electron chi connectivity index (χ2n) is 3.99. The lowest BCUT2D eigenvalue weighted by Crippen LogP contribution is -1.98. The normalized spacial score (nSPS) is 10.4. The number of hydrogen-bond acceptors (Lipinski definition) is 5. The van der Waals surface area contributed by atoms with Crippen molar-refractivity contribution in [3.63, 3.8) is 0 Å². The summed E-state index contributed by atoms with van der Waals surface area (Å²) in [6.45, 7) is 3.47. The van der Waals surface area contributed by atoms with Gasteiger partial charge in [0.1, 0.15) is 5.01 Å². The van der Waals surface area contributed by atoms with E-state index in [0.717, 1.165) is 5.56 Å². The monoisotopic (exact) mass is 278 g/mol. The van der Waals surface area contributed by atoms with Crippen molar-refractivity contribution in [1.29, 1.82) is 0 Å². The minimum absolute atomic E-state index is 0.00842. The molecule has 19 heavy (non-hydrogen) atoms. The van der Waals surface area contributed by atoms with Crippen molar-refractivity contribution in [2.24, 2.45) is 0 Å². The van der Waals surface area contributed by atoms with E-state index in [4.69, 9.17) is 5.11 Å². The van der Waals surface area contributed by atoms with Gasteiger partial charge in [-0.15, -0.1) is 11.3 Å². The predicted octanol–water partition coefficient (Wildman–Crippen LogP) is 3.03. The van der Waals surface area contributed by atoms with Crippen molar-refractivity contribution in [3.05, 3.63) is 44.4 Å². The molecule has 0 atom stereocenters. The standard InChI is InChI=1S/C12H10N2O4S/c1-6-3-4-8(14(17)18)5-9(6)11-13-10(12(15)16)7(2)19-11/h3-5H,1-2H3,(H,15,16). The van der Waals surface area contributed by atoms with Gasteiger partial charge in [-0.3, -0.25) is 10.1 Å². The Kier molecular flexibility index (Phi) is 3.30. The number of carboxylic acids is 1. The van der Waals surface area contributed by atoms with Crippen LogP contribution in [0.5, 0.6) is 0 Å². The van der Waals surface area contributed by atoms with Crippen LogP contribution < -0.4 is 0 Å². The van der Waals surface area contributed by atoms with Crippen molar-refractivity contribution in [2.45, 2.75) is 13.8 Å². The fourth-order valence-electron chi connectivity index (χ4n) is 1.66. The SMILES string of the molecule is Cc1ccc([N+](=O)[O-])cc1-c1nc(C(=O)O)c(C)s1. The second kappa shape index (κ2) is 4.77. The summed E-state index contributed by atoms with van der Waals surface area (Å²) in [5.74, 6) is -1.09. The summed E-state index contributed by atoms with van der Waals surface area (Å²) in [5.41, 5.74) is 1.36. The number of nitro groups is 1. The molecular formula is C12H10N2O4S. The van der Waals surface area contributed by atoms with Gasteiger partial charge in [-0.05, 0) is 19.4 Å². The van der Waals surface area contributed by atoms with Gasteiger partial charge in [-0.2, -0.15) is 0 Å². The Morgan fingerprint density at radius 2 is 2.11 bits per heavy atom. The molecule has 1 heterocycles. The maximum atomic E-state index is 11.0. The summed E-state index contributed by atoms with van der Waals surface area (Å²) in [7, 11) is 0. The maximum absolute atomic E-state index is 11.0. The van der Waals surface area contributed by atoms with Crippen molar-refractivity contribution < 1.29 is 14.8 Å². The number of thiazole rings is 1. The third-order valence-corrected chi connectivity index (χ3v) is 3.67. The van der Waals surface area contributed by atoms with Crippen LogP contribution in [0.3, 0.4) is 0 Å². The zero-order chi connectivity index (χ0) is 14.2. The summed E-state index contributed by atoms with van der Waals surface area (Å²) in [6.07, 6.45) is 0. The number of nitrogens with zero attached hydrogens (tertiary/aromatic N) is 2. The van der Waals surface area contributed by atoms with Crippen molar-refractivity contribution in [1.82, 2.24) is 4.98 Å². The number of hydrogen-bond donors (Lipinski definition) is 1. The molecule has 0 aliphatic rings. The summed E-state index contributed by atoms with van der Waals surface area (Å²) in [5, 5.41) is 20.2. The summed E-state index contributed by atoms with van der Waals surface area (Å²) >= 11 is 1.22. The molecule has 1 N–H and O–H groups in total. The quantitative estimate of drug-likeness (QED) is 0.688. The number of carboxylic acid groups (broad SMARTS) is 1. The molecular weight excluding hydrogens is 268 g/mol. The van der Waals surface area contributed by atoms with E-state index < -0.39 is 10.9 Å². The highest BCUT2D eigenvalue weighted by molar-refractivity contribution is 7.15. The molecule has 0 aliphatic heterocycles. The molecule has 0 radical (unpaired) electrons. The van der Waals surface area contributed by atoms with Crippen molar-refractivity contribution in [2.75, 3.05) is 0 Å². The molecule has 0 saturated heterocycles. The van der Waals surface area contributed by atoms with Crippen LogP contribution in [0.25, 0.3) is 10.6 Å². The molecule has 0 bridgehead atoms. The third-order valence-electron chi connectivity index (χ3n) is 2.66. The molecule has 2 rings (SSSR count). The number of aryl methyl sites for hydroxylation is 2. The minimum Gasteiger partial charge on any atom is -0.476 e. The third kappa shape index (κ3) is 2.45. The lowest BCUT2D eigenvalue weighted by atomic mass is 10.1. The highest BCUT2D eigenvalue weighted by Gasteiger charge is 2.18. The molecule has 0 saturated carbocycles. The average molecular weight is 278 g/mol. The van der Waals surface area contributed by atoms with Crippen LogP contribution in [0.2, 0.25) is 0 Å². The molecule has 2 aromatic rings. The van der Waals surface area contributed by atoms with E-state index in [2.05, 4.69) is 4.98 Å². The minimum atomic E-state index is -1.09. The largest absolute Gasteiger partial charge is 0.476 e. The van der Waals surface area contributed by atoms with Crippen LogP contribution in [-0.4, -0.2) is 21.0 Å². The Balaban J connectivity index is 2.58. The van der Waals surface area contributed by atoms with E-state index in [1.54, 1.807) is 19.9 Å². The predicted molar refractivity (Wildman–Crippen MR) is 70.6 cm³/mol. The zero-order valence-corrected chi connectivity index (χ0v) is 11.0. The smallest absolute Gasteiger partial charge is 0.355 e. The average Bonchev–Trinajstić information content (AvgIpc) is 2.71. The second-order valence-corrected chi connectivity index (χ2v) is 5.19. The van der Waals surface area contributed by atoms with Gasteiger partial charge in [0.25, 0.3) is 5.69 Å². The van der Waals surface area contributed by atoms with Gasteiger partial charge in [0.05, 0.1) is 4.92 Å². The number of aromatic carboxylic acids is 1. The Hall–Kier alpha value is -2.28. The molecule has 6 nitrogen and oxygen atoms in total. The van der Waals surface area contributed by atoms with Crippen LogP contribution in [0.4, 0.5) is 5.69 Å². The van der Waals surface area contributed by atoms with E-state index in [-0.39, 0.29) is 11.4 Å². The Morgan fingerprint density at radius 3 is 2.63 bits per heavy atom. The molecule has 0 spiro atoms. The fraction of sp³-hybridized carbons (Fsp3) is 0.167. The zero-order valence-electron chi connectivity index (χ0n) is 10.2. The number of nitro benzene ring substituents is 1. The van der Waals surface area contributed by atoms with Crippen molar-refractivity contribution in [3.8, 4) is 10.6 Å². The van der Waals surface area contributed by atoms with E-state index in [9.17, 15) is 14.9 Å². The van der Waals surface area contributed by atoms with Gasteiger partial charge >= 0.3 is 5.97 Å². The number of non-ortho nitro benzene ring substituents is 1. The van der Waals surface area contributed by atoms with Crippen molar-refractivity contribution >= 4 is 23.0 Å². The van der Waals surface area contributed by atoms with Gasteiger partial charge in [-0.25, -0.2) is 9.78 Å². The number of rotatable bonds is 3. The molecule has 0 aliphatic carbocycles. The van der Waals surface area contributed by atoms with Gasteiger partial charge < -0.3 is 5.11 Å². The molecule has 0 amide bonds. The highest BCUT2D eigenvalue weighted by atomic mass is 32.1. The lowest BCUT2D eigenvalue weighted by molar-refractivity contribution is -0.384. The maximum Gasteiger partial charge on any atom is 0.355 e. The van der Waals surface area contributed by atoms with Gasteiger partial charge in [0, 0.05) is 22.6 Å². The molecule has 98 valence electrons. The summed E-state index contributed by atoms with van der Waals surface area (Å²) < 4.78 is 0. The number of aromatic nitrogens is 1. The Morgan fingerprint density at radius 1 is 1.42 bits per heavy atom. The summed E-state index contributed by atoms with van der Waals surface area (Å²) in [6, 6.07) is 4.46. The van der Waals surface area contributed by atoms with Crippen LogP contribution in [0.1, 0.15) is 20.9 Å². The first-order valence-electron chi connectivity index (χ1n) is 5.36. The topological polar surface area (TPSA) is 93.3 Å². The summed E-state index contributed by atoms with van der Waals surface area (Å²) in [4.78, 5) is 25.9. The molecule has 0 unspecified atom stereocenters. The van der Waals surface area contributed by atoms with Crippen LogP contribution >= 0.6 is 11.3 Å². The van der Waals surface area contributed by atoms with Crippen LogP contribution in [0, 0.1) is 24.0 Å². The van der Waals surface area contributed by atoms with Crippen LogP contribution in [0.15, 0.2) is 18.2 Å². The van der Waals surface area contributed by atoms with Gasteiger partial charge in [0.2, 0.25) is 0 Å². The van der Waals surface area contributed by atoms with E-state index in [0.29, 0.717) is 15.4 Å². The Bertz CT molecular complexity index is 678. The van der Waals surface area contributed by atoms with E-state index in [1.165, 1.54) is 23.5 Å². The molecule has 1 aromatic heterocycles. The first-order valence-corrected chi connectivity index (χ1v) is 6.18. The van der Waals surface area contributed by atoms with Gasteiger partial charge in [-0.1, -0.05) is 6.07 Å². The first-order chi connectivity index (χ1) is 8.90. The fourth-order valence-corrected chi connectivity index (χ4v) is 2.65. The van der Waals surface area contributed by atoms with E-state index in [1.807, 2.05) is 0 Å². The number of benzene rings is 1. The van der Waals surface area contributed by atoms with Crippen LogP contribution in [-0.2, 0) is 0 Å². The Labute approximate surface area is 112 Å². The van der Waals surface area contributed by atoms with Gasteiger partial charge in [0.15, 0.2) is 5.69 Å². The first kappa shape index (κ1) is 13.2. The van der Waals surface area contributed by atoms with E-state index >= 15 is 0 Å². The highest BCUT2D eigenvalue weighted by Crippen LogP contribution is 2.32. The molecule has 1 aromatic carbocycles. The molecule has 7 heteroatoms.